The van der Waals surface area contributed by atoms with Gasteiger partial charge in [-0.15, -0.1) is 0 Å². The number of aromatic nitrogens is 3. The van der Waals surface area contributed by atoms with Crippen molar-refractivity contribution in [3.63, 3.8) is 0 Å². The van der Waals surface area contributed by atoms with Crippen LogP contribution in [0.5, 0.6) is 0 Å². The number of halogens is 3. The van der Waals surface area contributed by atoms with E-state index in [0.29, 0.717) is 0 Å². The summed E-state index contributed by atoms with van der Waals surface area (Å²) in [5, 5.41) is 2.56. The zero-order valence-corrected chi connectivity index (χ0v) is 6.31. The van der Waals surface area contributed by atoms with Crippen molar-refractivity contribution in [2.45, 2.75) is 6.18 Å². The first-order valence-corrected chi connectivity index (χ1v) is 3.20. The highest BCUT2D eigenvalue weighted by Gasteiger charge is 2.31. The summed E-state index contributed by atoms with van der Waals surface area (Å²) in [4.78, 5) is 2.10. The molecule has 0 amide bonds. The summed E-state index contributed by atoms with van der Waals surface area (Å²) >= 11 is 0. The molecule has 1 rings (SSSR count). The molecule has 12 heavy (non-hydrogen) atoms. The molecule has 0 fully saturated rings. The lowest BCUT2D eigenvalue weighted by atomic mass is 10.5. The molecule has 0 aliphatic rings. The molecule has 2 N–H and O–H groups in total. The molecule has 0 radical (unpaired) electrons. The fraction of sp³-hybridized carbons (Fsp3) is 0.333. The van der Waals surface area contributed by atoms with Gasteiger partial charge in [-0.1, -0.05) is 0 Å². The highest BCUT2D eigenvalue weighted by molar-refractivity contribution is 4.97. The molecular weight excluding hydrogens is 171 g/mol. The van der Waals surface area contributed by atoms with Crippen LogP contribution >= 0.6 is 0 Å². The number of alkyl halides is 3. The molecule has 0 spiro atoms. The van der Waals surface area contributed by atoms with Crippen molar-refractivity contribution in [3.8, 4) is 0 Å². The van der Waals surface area contributed by atoms with Crippen molar-refractivity contribution >= 4 is 0 Å². The second kappa shape index (κ2) is 2.96. The Labute approximate surface area is 66.5 Å². The maximum absolute atomic E-state index is 12.1. The van der Waals surface area contributed by atoms with E-state index >= 15 is 0 Å². The monoisotopic (exact) mass is 179 g/mol. The lowest BCUT2D eigenvalue weighted by molar-refractivity contribution is -0.141. The Morgan fingerprint density at radius 3 is 2.58 bits per heavy atom. The van der Waals surface area contributed by atoms with E-state index in [0.717, 1.165) is 6.20 Å². The molecule has 0 aliphatic carbocycles. The number of hydrogen-bond donors (Lipinski definition) is 2. The minimum Gasteiger partial charge on any atom is -0.355 e. The summed E-state index contributed by atoms with van der Waals surface area (Å²) < 4.78 is 37.4. The number of H-pyrrole nitrogens is 2. The van der Waals surface area contributed by atoms with Crippen LogP contribution in [0.3, 0.4) is 0 Å². The average molecular weight is 179 g/mol. The molecule has 1 heterocycles. The Hall–Kier alpha value is -1.33. The van der Waals surface area contributed by atoms with Crippen LogP contribution in [0.15, 0.2) is 18.6 Å². The molecule has 3 nitrogen and oxygen atoms in total. The van der Waals surface area contributed by atoms with E-state index in [1.807, 2.05) is 0 Å². The first kappa shape index (κ1) is 8.76. The van der Waals surface area contributed by atoms with Crippen LogP contribution in [0.2, 0.25) is 0 Å². The molecule has 0 aliphatic heterocycles. The molecule has 0 atom stereocenters. The van der Waals surface area contributed by atoms with E-state index in [9.17, 15) is 13.2 Å². The third-order valence-electron chi connectivity index (χ3n) is 1.23. The van der Waals surface area contributed by atoms with Crippen LogP contribution in [0.25, 0.3) is 0 Å². The van der Waals surface area contributed by atoms with Crippen LogP contribution in [0.4, 0.5) is 13.2 Å². The van der Waals surface area contributed by atoms with Crippen LogP contribution in [0, 0.1) is 0 Å². The van der Waals surface area contributed by atoms with Crippen LogP contribution < -0.4 is 0 Å². The number of aryl methyl sites for hydroxylation is 1. The number of rotatable bonds is 0. The predicted octanol–water partition coefficient (Wildman–Crippen LogP) is 1.82. The van der Waals surface area contributed by atoms with Crippen molar-refractivity contribution in [1.29, 1.82) is 0 Å². The highest BCUT2D eigenvalue weighted by Crippen LogP contribution is 2.25. The fourth-order valence-electron chi connectivity index (χ4n) is 0.709. The second-order valence-corrected chi connectivity index (χ2v) is 2.26. The SMILES string of the molecule is Cn1cc(C(F)(F)F)[nH]cc[nH]1. The maximum Gasteiger partial charge on any atom is 0.432 e. The summed E-state index contributed by atoms with van der Waals surface area (Å²) in [6.45, 7) is 0. The summed E-state index contributed by atoms with van der Waals surface area (Å²) in [5.41, 5.74) is -0.800. The molecule has 1 aromatic heterocycles. The van der Waals surface area contributed by atoms with Crippen molar-refractivity contribution in [3.05, 3.63) is 24.3 Å². The van der Waals surface area contributed by atoms with Crippen molar-refractivity contribution in [2.24, 2.45) is 7.05 Å². The maximum atomic E-state index is 12.1. The van der Waals surface area contributed by atoms with Gasteiger partial charge in [-0.2, -0.15) is 13.2 Å². The van der Waals surface area contributed by atoms with Gasteiger partial charge in [0.2, 0.25) is 0 Å². The van der Waals surface area contributed by atoms with Gasteiger partial charge in [0.05, 0.1) is 0 Å². The van der Waals surface area contributed by atoms with E-state index in [1.165, 1.54) is 24.1 Å². The highest BCUT2D eigenvalue weighted by atomic mass is 19.4. The molecule has 6 heteroatoms. The zero-order valence-electron chi connectivity index (χ0n) is 6.31. The Morgan fingerprint density at radius 1 is 1.33 bits per heavy atom. The van der Waals surface area contributed by atoms with Gasteiger partial charge in [0.1, 0.15) is 5.69 Å². The Morgan fingerprint density at radius 2 is 2.00 bits per heavy atom. The largest absolute Gasteiger partial charge is 0.432 e. The lowest BCUT2D eigenvalue weighted by Crippen LogP contribution is -2.07. The summed E-state index contributed by atoms with van der Waals surface area (Å²) in [5.74, 6) is 0. The minimum absolute atomic E-state index is 0.800. The fourth-order valence-corrected chi connectivity index (χ4v) is 0.709. The van der Waals surface area contributed by atoms with E-state index in [4.69, 9.17) is 0 Å². The second-order valence-electron chi connectivity index (χ2n) is 2.26. The van der Waals surface area contributed by atoms with Gasteiger partial charge in [0, 0.05) is 25.6 Å². The number of aromatic amines is 2. The molecule has 1 aromatic rings. The van der Waals surface area contributed by atoms with Crippen molar-refractivity contribution < 1.29 is 13.2 Å². The van der Waals surface area contributed by atoms with E-state index < -0.39 is 11.9 Å². The first-order valence-electron chi connectivity index (χ1n) is 3.20. The van der Waals surface area contributed by atoms with Crippen LogP contribution in [0.1, 0.15) is 5.69 Å². The van der Waals surface area contributed by atoms with E-state index in [-0.39, 0.29) is 0 Å². The quantitative estimate of drug-likeness (QED) is 0.609. The van der Waals surface area contributed by atoms with Gasteiger partial charge in [-0.25, -0.2) is 0 Å². The standard InChI is InChI=1S/C6H8F3N3/c1-12-4-5(6(7,8)9)10-2-3-11-12/h2-4,10-11H,1H3. The first-order chi connectivity index (χ1) is 5.50. The Kier molecular flexibility index (Phi) is 2.16. The Balaban J connectivity index is 3.20. The summed E-state index contributed by atoms with van der Waals surface area (Å²) in [7, 11) is 1.48. The Bertz CT molecular complexity index is 289. The smallest absolute Gasteiger partial charge is 0.355 e. The number of nitrogens with zero attached hydrogens (tertiary/aromatic N) is 1. The van der Waals surface area contributed by atoms with Crippen LogP contribution in [-0.4, -0.2) is 14.8 Å². The molecule has 0 saturated carbocycles. The minimum atomic E-state index is -4.34. The molecule has 0 aromatic carbocycles. The average Bonchev–Trinajstić information content (AvgIpc) is 2.11. The van der Waals surface area contributed by atoms with Crippen molar-refractivity contribution in [1.82, 2.24) is 14.8 Å². The van der Waals surface area contributed by atoms with Gasteiger partial charge >= 0.3 is 6.18 Å². The van der Waals surface area contributed by atoms with Gasteiger partial charge in [-0.05, 0) is 0 Å². The van der Waals surface area contributed by atoms with Crippen molar-refractivity contribution in [2.75, 3.05) is 0 Å². The zero-order chi connectivity index (χ0) is 9.19. The van der Waals surface area contributed by atoms with E-state index in [1.54, 1.807) is 0 Å². The molecule has 0 bridgehead atoms. The number of hydrogen-bond acceptors (Lipinski definition) is 0. The molecular formula is C6H8F3N3. The van der Waals surface area contributed by atoms with Crippen LogP contribution in [-0.2, 0) is 13.2 Å². The molecule has 68 valence electrons. The van der Waals surface area contributed by atoms with Gasteiger partial charge in [-0.3, -0.25) is 4.68 Å². The summed E-state index contributed by atoms with van der Waals surface area (Å²) in [6, 6.07) is 0. The van der Waals surface area contributed by atoms with Gasteiger partial charge in [0.15, 0.2) is 0 Å². The third-order valence-corrected chi connectivity index (χ3v) is 1.23. The number of nitrogens with one attached hydrogen (secondary N) is 2. The molecule has 0 saturated heterocycles. The third kappa shape index (κ3) is 2.08. The normalized spacial score (nSPS) is 11.3. The lowest BCUT2D eigenvalue weighted by Gasteiger charge is -2.03. The summed E-state index contributed by atoms with van der Waals surface area (Å²) in [6.07, 6.45) is -0.858. The van der Waals surface area contributed by atoms with E-state index in [2.05, 4.69) is 10.1 Å². The van der Waals surface area contributed by atoms with Gasteiger partial charge < -0.3 is 10.1 Å². The van der Waals surface area contributed by atoms with Gasteiger partial charge in [0.25, 0.3) is 0 Å². The predicted molar refractivity (Wildman–Crippen MR) is 36.7 cm³/mol. The topological polar surface area (TPSA) is 36.5 Å². The molecule has 0 unspecified atom stereocenters.